The maximum Gasteiger partial charge on any atom is 0.323 e. The first-order chi connectivity index (χ1) is 5.43. The van der Waals surface area contributed by atoms with Gasteiger partial charge in [-0.25, -0.2) is 0 Å². The molecule has 5 nitrogen and oxygen atoms in total. The highest BCUT2D eigenvalue weighted by Gasteiger charge is 2.18. The fourth-order valence-corrected chi connectivity index (χ4v) is 0.620. The molecule has 0 aliphatic carbocycles. The van der Waals surface area contributed by atoms with E-state index in [-0.39, 0.29) is 12.5 Å². The van der Waals surface area contributed by atoms with Gasteiger partial charge in [-0.1, -0.05) is 0 Å². The Kier molecular flexibility index (Phi) is 4.28. The van der Waals surface area contributed by atoms with E-state index < -0.39 is 17.9 Å². The summed E-state index contributed by atoms with van der Waals surface area (Å²) in [5, 5.41) is 0. The molecule has 0 aliphatic rings. The van der Waals surface area contributed by atoms with Crippen LogP contribution in [0.5, 0.6) is 0 Å². The highest BCUT2D eigenvalue weighted by atomic mass is 16.5. The molecule has 0 bridgehead atoms. The fourth-order valence-electron chi connectivity index (χ4n) is 0.620. The summed E-state index contributed by atoms with van der Waals surface area (Å²) in [4.78, 5) is 21.3. The number of nitrogens with two attached hydrogens (primary N) is 2. The average molecular weight is 174 g/mol. The van der Waals surface area contributed by atoms with Gasteiger partial charge in [0.25, 0.3) is 0 Å². The van der Waals surface area contributed by atoms with Gasteiger partial charge in [0.05, 0.1) is 12.5 Å². The lowest BCUT2D eigenvalue weighted by atomic mass is 10.2. The number of primary amides is 1. The van der Waals surface area contributed by atoms with Crippen LogP contribution in [0.4, 0.5) is 0 Å². The zero-order valence-corrected chi connectivity index (χ0v) is 7.24. The van der Waals surface area contributed by atoms with Crippen molar-refractivity contribution in [3.63, 3.8) is 0 Å². The summed E-state index contributed by atoms with van der Waals surface area (Å²) in [7, 11) is 0. The number of ether oxygens (including phenoxy) is 1. The van der Waals surface area contributed by atoms with Gasteiger partial charge in [0, 0.05) is 0 Å². The number of amides is 1. The van der Waals surface area contributed by atoms with Crippen molar-refractivity contribution in [3.05, 3.63) is 0 Å². The SMILES string of the molecule is CC(C)OC(=O)[C@@H](N)CC(N)=O. The maximum atomic E-state index is 10.9. The van der Waals surface area contributed by atoms with Gasteiger partial charge in [0.15, 0.2) is 0 Å². The van der Waals surface area contributed by atoms with Crippen molar-refractivity contribution in [3.8, 4) is 0 Å². The van der Waals surface area contributed by atoms with Crippen LogP contribution < -0.4 is 11.5 Å². The normalized spacial score (nSPS) is 12.7. The van der Waals surface area contributed by atoms with E-state index in [9.17, 15) is 9.59 Å². The van der Waals surface area contributed by atoms with Gasteiger partial charge in [-0.3, -0.25) is 9.59 Å². The van der Waals surface area contributed by atoms with Gasteiger partial charge in [0.2, 0.25) is 5.91 Å². The van der Waals surface area contributed by atoms with Crippen molar-refractivity contribution in [2.45, 2.75) is 32.4 Å². The van der Waals surface area contributed by atoms with Crippen molar-refractivity contribution in [1.82, 2.24) is 0 Å². The first-order valence-corrected chi connectivity index (χ1v) is 3.68. The number of hydrogen-bond donors (Lipinski definition) is 2. The Balaban J connectivity index is 3.85. The van der Waals surface area contributed by atoms with E-state index in [1.165, 1.54) is 0 Å². The second-order valence-electron chi connectivity index (χ2n) is 2.76. The van der Waals surface area contributed by atoms with Gasteiger partial charge in [-0.05, 0) is 13.8 Å². The molecule has 0 spiro atoms. The molecule has 12 heavy (non-hydrogen) atoms. The van der Waals surface area contributed by atoms with Crippen LogP contribution in [0, 0.1) is 0 Å². The Morgan fingerprint density at radius 1 is 1.42 bits per heavy atom. The molecule has 0 aromatic carbocycles. The standard InChI is InChI=1S/C7H14N2O3/c1-4(2)12-7(11)5(8)3-6(9)10/h4-5H,3,8H2,1-2H3,(H2,9,10)/t5-/m0/s1. The molecule has 0 unspecified atom stereocenters. The number of carbonyl (C=O) groups excluding carboxylic acids is 2. The summed E-state index contributed by atoms with van der Waals surface area (Å²) >= 11 is 0. The Bertz CT molecular complexity index is 179. The van der Waals surface area contributed by atoms with E-state index in [1.807, 2.05) is 0 Å². The number of rotatable bonds is 4. The smallest absolute Gasteiger partial charge is 0.323 e. The topological polar surface area (TPSA) is 95.4 Å². The van der Waals surface area contributed by atoms with Crippen LogP contribution in [0.15, 0.2) is 0 Å². The summed E-state index contributed by atoms with van der Waals surface area (Å²) in [6.07, 6.45) is -0.401. The van der Waals surface area contributed by atoms with Gasteiger partial charge >= 0.3 is 5.97 Å². The third-order valence-corrected chi connectivity index (χ3v) is 1.08. The molecule has 0 aromatic heterocycles. The second kappa shape index (κ2) is 4.71. The molecule has 0 aliphatic heterocycles. The largest absolute Gasteiger partial charge is 0.462 e. The predicted molar refractivity (Wildman–Crippen MR) is 43.0 cm³/mol. The highest BCUT2D eigenvalue weighted by molar-refractivity contribution is 5.84. The maximum absolute atomic E-state index is 10.9. The Morgan fingerprint density at radius 2 is 1.92 bits per heavy atom. The molecule has 0 heterocycles. The van der Waals surface area contributed by atoms with Gasteiger partial charge < -0.3 is 16.2 Å². The van der Waals surface area contributed by atoms with Crippen LogP contribution in [0.1, 0.15) is 20.3 Å². The number of esters is 1. The van der Waals surface area contributed by atoms with Gasteiger partial charge in [-0.2, -0.15) is 0 Å². The predicted octanol–water partition coefficient (Wildman–Crippen LogP) is -0.859. The van der Waals surface area contributed by atoms with E-state index in [0.29, 0.717) is 0 Å². The third-order valence-electron chi connectivity index (χ3n) is 1.08. The van der Waals surface area contributed by atoms with Crippen molar-refractivity contribution in [2.24, 2.45) is 11.5 Å². The first kappa shape index (κ1) is 10.9. The lowest BCUT2D eigenvalue weighted by molar-refractivity contribution is -0.150. The quantitative estimate of drug-likeness (QED) is 0.542. The molecule has 0 saturated heterocycles. The molecule has 5 heteroatoms. The molecular weight excluding hydrogens is 160 g/mol. The van der Waals surface area contributed by atoms with E-state index in [2.05, 4.69) is 0 Å². The Labute approximate surface area is 71.0 Å². The second-order valence-corrected chi connectivity index (χ2v) is 2.76. The highest BCUT2D eigenvalue weighted by Crippen LogP contribution is 1.95. The van der Waals surface area contributed by atoms with Crippen LogP contribution >= 0.6 is 0 Å². The Hall–Kier alpha value is -1.10. The van der Waals surface area contributed by atoms with Gasteiger partial charge in [0.1, 0.15) is 6.04 Å². The van der Waals surface area contributed by atoms with Crippen LogP contribution in [0.3, 0.4) is 0 Å². The van der Waals surface area contributed by atoms with Crippen LogP contribution in [-0.4, -0.2) is 24.0 Å². The minimum absolute atomic E-state index is 0.175. The van der Waals surface area contributed by atoms with Gasteiger partial charge in [-0.15, -0.1) is 0 Å². The van der Waals surface area contributed by atoms with Crippen molar-refractivity contribution >= 4 is 11.9 Å². The lowest BCUT2D eigenvalue weighted by Crippen LogP contribution is -2.37. The zero-order valence-electron chi connectivity index (χ0n) is 7.24. The molecule has 70 valence electrons. The zero-order chi connectivity index (χ0) is 9.72. The number of carbonyl (C=O) groups is 2. The van der Waals surface area contributed by atoms with Crippen molar-refractivity contribution < 1.29 is 14.3 Å². The van der Waals surface area contributed by atoms with E-state index in [1.54, 1.807) is 13.8 Å². The molecule has 0 saturated carbocycles. The summed E-state index contributed by atoms with van der Waals surface area (Å²) in [5.41, 5.74) is 10.1. The van der Waals surface area contributed by atoms with Crippen LogP contribution in [0.2, 0.25) is 0 Å². The summed E-state index contributed by atoms with van der Waals surface area (Å²) in [6, 6.07) is -0.940. The molecule has 0 radical (unpaired) electrons. The molecule has 0 fully saturated rings. The molecular formula is C7H14N2O3. The lowest BCUT2D eigenvalue weighted by Gasteiger charge is -2.11. The number of hydrogen-bond acceptors (Lipinski definition) is 4. The molecule has 1 amide bonds. The first-order valence-electron chi connectivity index (χ1n) is 3.68. The minimum Gasteiger partial charge on any atom is -0.462 e. The third kappa shape index (κ3) is 4.68. The van der Waals surface area contributed by atoms with Crippen molar-refractivity contribution in [2.75, 3.05) is 0 Å². The minimum atomic E-state index is -0.940. The fraction of sp³-hybridized carbons (Fsp3) is 0.714. The van der Waals surface area contributed by atoms with Crippen LogP contribution in [0.25, 0.3) is 0 Å². The summed E-state index contributed by atoms with van der Waals surface area (Å²) in [6.45, 7) is 3.41. The van der Waals surface area contributed by atoms with E-state index in [4.69, 9.17) is 16.2 Å². The molecule has 4 N–H and O–H groups in total. The van der Waals surface area contributed by atoms with E-state index >= 15 is 0 Å². The summed E-state index contributed by atoms with van der Waals surface area (Å²) < 4.78 is 4.74. The average Bonchev–Trinajstić information content (AvgIpc) is 1.84. The molecule has 0 aromatic rings. The summed E-state index contributed by atoms with van der Waals surface area (Å²) in [5.74, 6) is -1.20. The van der Waals surface area contributed by atoms with E-state index in [0.717, 1.165) is 0 Å². The Morgan fingerprint density at radius 3 is 2.25 bits per heavy atom. The molecule has 0 rings (SSSR count). The van der Waals surface area contributed by atoms with Crippen molar-refractivity contribution in [1.29, 1.82) is 0 Å². The molecule has 1 atom stereocenters. The monoisotopic (exact) mass is 174 g/mol. The van der Waals surface area contributed by atoms with Crippen LogP contribution in [-0.2, 0) is 14.3 Å².